The van der Waals surface area contributed by atoms with Gasteiger partial charge in [0, 0.05) is 56.3 Å². The number of hydrogen-bond donors (Lipinski definition) is 1. The lowest BCUT2D eigenvalue weighted by Crippen LogP contribution is -2.49. The van der Waals surface area contributed by atoms with E-state index in [9.17, 15) is 4.79 Å². The average Bonchev–Trinajstić information content (AvgIpc) is 3.11. The van der Waals surface area contributed by atoms with Gasteiger partial charge in [-0.25, -0.2) is 0 Å². The number of hydrogen-bond acceptors (Lipinski definition) is 6. The highest BCUT2D eigenvalue weighted by atomic mass is 32.2. The number of amides is 1. The van der Waals surface area contributed by atoms with Gasteiger partial charge in [-0.05, 0) is 47.3 Å². The first kappa shape index (κ1) is 50.7. The molecule has 1 unspecified atom stereocenters. The first-order chi connectivity index (χ1) is 24.8. The topological polar surface area (TPSA) is 54.0 Å². The number of ether oxygens (including phenoxy) is 2. The number of carbonyl (C=O) groups excluding carboxylic acids is 1. The first-order valence-corrected chi connectivity index (χ1v) is 23.4. The Balaban J connectivity index is 4.26. The summed E-state index contributed by atoms with van der Waals surface area (Å²) in [6.45, 7) is 17.2. The molecular formula is C44H91N3O3S. The summed E-state index contributed by atoms with van der Waals surface area (Å²) in [6.07, 6.45) is 32.9. The number of nitrogens with zero attached hydrogens (tertiary/aromatic N) is 2. The van der Waals surface area contributed by atoms with Crippen molar-refractivity contribution < 1.29 is 14.3 Å². The molecule has 6 nitrogen and oxygen atoms in total. The lowest BCUT2D eigenvalue weighted by Gasteiger charge is -2.38. The molecule has 0 heterocycles. The molecule has 0 spiro atoms. The summed E-state index contributed by atoms with van der Waals surface area (Å²) in [6, 6.07) is 0. The molecule has 0 aromatic rings. The monoisotopic (exact) mass is 742 g/mol. The Kier molecular flexibility index (Phi) is 37.7. The van der Waals surface area contributed by atoms with Crippen molar-refractivity contribution >= 4 is 17.7 Å². The highest BCUT2D eigenvalue weighted by Crippen LogP contribution is 2.16. The van der Waals surface area contributed by atoms with E-state index in [1.165, 1.54) is 141 Å². The third-order valence-electron chi connectivity index (χ3n) is 10.6. The molecule has 0 fully saturated rings. The second-order valence-electron chi connectivity index (χ2n) is 16.1. The van der Waals surface area contributed by atoms with Crippen LogP contribution in [-0.4, -0.2) is 99.0 Å². The Bertz CT molecular complexity index is 726. The highest BCUT2D eigenvalue weighted by Gasteiger charge is 2.24. The summed E-state index contributed by atoms with van der Waals surface area (Å²) < 4.78 is 12.4. The maximum absolute atomic E-state index is 12.7. The van der Waals surface area contributed by atoms with Crippen molar-refractivity contribution in [3.63, 3.8) is 0 Å². The van der Waals surface area contributed by atoms with Crippen molar-refractivity contribution in [2.24, 2.45) is 0 Å². The van der Waals surface area contributed by atoms with E-state index < -0.39 is 0 Å². The van der Waals surface area contributed by atoms with Crippen molar-refractivity contribution in [1.29, 1.82) is 0 Å². The highest BCUT2D eigenvalue weighted by molar-refractivity contribution is 7.99. The Labute approximate surface area is 324 Å². The van der Waals surface area contributed by atoms with Gasteiger partial charge in [-0.1, -0.05) is 162 Å². The second-order valence-corrected chi connectivity index (χ2v) is 17.3. The van der Waals surface area contributed by atoms with Crippen molar-refractivity contribution in [1.82, 2.24) is 15.1 Å². The maximum Gasteiger partial charge on any atom is 0.220 e. The molecule has 0 aromatic carbocycles. The SMILES string of the molecule is CCCCCCCCCCCCCCOCC(CNC(=O)CCSCCN(C)C(C)(C)CN(C)CC)OCCCCCCCCCCCCCC. The molecule has 1 amide bonds. The van der Waals surface area contributed by atoms with Crippen LogP contribution in [0.15, 0.2) is 0 Å². The summed E-state index contributed by atoms with van der Waals surface area (Å²) in [5, 5.41) is 3.16. The van der Waals surface area contributed by atoms with Gasteiger partial charge in [-0.15, -0.1) is 0 Å². The predicted molar refractivity (Wildman–Crippen MR) is 228 cm³/mol. The predicted octanol–water partition coefficient (Wildman–Crippen LogP) is 11.7. The molecule has 306 valence electrons. The molecule has 1 N–H and O–H groups in total. The number of carbonyl (C=O) groups is 1. The van der Waals surface area contributed by atoms with Crippen LogP contribution in [0.4, 0.5) is 0 Å². The van der Waals surface area contributed by atoms with E-state index in [0.717, 1.165) is 57.2 Å². The molecule has 0 aliphatic heterocycles. The Morgan fingerprint density at radius 1 is 0.647 bits per heavy atom. The Morgan fingerprint density at radius 2 is 1.10 bits per heavy atom. The largest absolute Gasteiger partial charge is 0.379 e. The standard InChI is InChI=1S/C44H91N3O3S/c1-8-11-13-15-17-19-21-23-25-27-29-31-35-49-40-42(50-36-32-30-28-26-24-22-20-18-16-14-12-9-2)39-45-43(48)33-37-51-38-34-47(7)44(4,5)41-46(6)10-3/h42H,8-41H2,1-7H3,(H,45,48). The molecule has 0 bridgehead atoms. The summed E-state index contributed by atoms with van der Waals surface area (Å²) in [4.78, 5) is 17.5. The quantitative estimate of drug-likeness (QED) is 0.0630. The van der Waals surface area contributed by atoms with Crippen molar-refractivity contribution in [3.8, 4) is 0 Å². The van der Waals surface area contributed by atoms with Gasteiger partial charge >= 0.3 is 0 Å². The van der Waals surface area contributed by atoms with Crippen LogP contribution in [0.5, 0.6) is 0 Å². The van der Waals surface area contributed by atoms with Gasteiger partial charge < -0.3 is 19.7 Å². The van der Waals surface area contributed by atoms with E-state index in [1.807, 2.05) is 11.8 Å². The summed E-state index contributed by atoms with van der Waals surface area (Å²) in [7, 11) is 4.40. The van der Waals surface area contributed by atoms with E-state index in [0.29, 0.717) is 19.6 Å². The normalized spacial score (nSPS) is 12.7. The molecule has 0 aliphatic rings. The van der Waals surface area contributed by atoms with Gasteiger partial charge in [-0.3, -0.25) is 9.69 Å². The molecule has 0 saturated carbocycles. The Hall–Kier alpha value is -0.340. The number of nitrogens with one attached hydrogen (secondary N) is 1. The lowest BCUT2D eigenvalue weighted by molar-refractivity contribution is -0.121. The van der Waals surface area contributed by atoms with E-state index >= 15 is 0 Å². The van der Waals surface area contributed by atoms with E-state index in [-0.39, 0.29) is 17.6 Å². The van der Waals surface area contributed by atoms with Gasteiger partial charge in [0.25, 0.3) is 0 Å². The fraction of sp³-hybridized carbons (Fsp3) is 0.977. The zero-order chi connectivity index (χ0) is 37.7. The second kappa shape index (κ2) is 38.0. The summed E-state index contributed by atoms with van der Waals surface area (Å²) >= 11 is 1.88. The summed E-state index contributed by atoms with van der Waals surface area (Å²) in [5.74, 6) is 2.02. The fourth-order valence-corrected chi connectivity index (χ4v) is 7.54. The van der Waals surface area contributed by atoms with Gasteiger partial charge in [0.2, 0.25) is 5.91 Å². The lowest BCUT2D eigenvalue weighted by atomic mass is 10.0. The van der Waals surface area contributed by atoms with Crippen molar-refractivity contribution in [2.75, 3.05) is 71.6 Å². The van der Waals surface area contributed by atoms with E-state index in [4.69, 9.17) is 9.47 Å². The number of likely N-dealkylation sites (N-methyl/N-ethyl adjacent to an activating group) is 2. The van der Waals surface area contributed by atoms with Crippen LogP contribution in [0.3, 0.4) is 0 Å². The minimum absolute atomic E-state index is 0.0660. The molecule has 51 heavy (non-hydrogen) atoms. The smallest absolute Gasteiger partial charge is 0.220 e. The van der Waals surface area contributed by atoms with Crippen LogP contribution >= 0.6 is 11.8 Å². The van der Waals surface area contributed by atoms with Gasteiger partial charge in [0.15, 0.2) is 0 Å². The number of rotatable bonds is 41. The minimum Gasteiger partial charge on any atom is -0.379 e. The zero-order valence-corrected chi connectivity index (χ0v) is 36.5. The molecule has 0 aliphatic carbocycles. The van der Waals surface area contributed by atoms with Crippen LogP contribution in [0.1, 0.15) is 195 Å². The van der Waals surface area contributed by atoms with Crippen molar-refractivity contribution in [2.45, 2.75) is 207 Å². The van der Waals surface area contributed by atoms with Gasteiger partial charge in [0.05, 0.1) is 12.7 Å². The third kappa shape index (κ3) is 35.1. The van der Waals surface area contributed by atoms with Crippen LogP contribution < -0.4 is 5.32 Å². The first-order valence-electron chi connectivity index (χ1n) is 22.2. The average molecular weight is 742 g/mol. The van der Waals surface area contributed by atoms with Gasteiger partial charge in [0.1, 0.15) is 0 Å². The van der Waals surface area contributed by atoms with Crippen LogP contribution in [0.2, 0.25) is 0 Å². The number of thioether (sulfide) groups is 1. The van der Waals surface area contributed by atoms with Crippen molar-refractivity contribution in [3.05, 3.63) is 0 Å². The third-order valence-corrected chi connectivity index (χ3v) is 11.6. The van der Waals surface area contributed by atoms with E-state index in [2.05, 4.69) is 63.8 Å². The van der Waals surface area contributed by atoms with Crippen LogP contribution in [-0.2, 0) is 14.3 Å². The number of unbranched alkanes of at least 4 members (excludes halogenated alkanes) is 22. The zero-order valence-electron chi connectivity index (χ0n) is 35.6. The van der Waals surface area contributed by atoms with E-state index in [1.54, 1.807) is 0 Å². The molecular weight excluding hydrogens is 651 g/mol. The molecule has 0 radical (unpaired) electrons. The molecule has 7 heteroatoms. The van der Waals surface area contributed by atoms with Crippen LogP contribution in [0, 0.1) is 0 Å². The Morgan fingerprint density at radius 3 is 1.57 bits per heavy atom. The molecule has 0 aromatic heterocycles. The maximum atomic E-state index is 12.7. The summed E-state index contributed by atoms with van der Waals surface area (Å²) in [5.41, 5.74) is 0.139. The minimum atomic E-state index is -0.0660. The molecule has 1 atom stereocenters. The fourth-order valence-electron chi connectivity index (χ4n) is 6.60. The van der Waals surface area contributed by atoms with Gasteiger partial charge in [-0.2, -0.15) is 11.8 Å². The molecule has 0 rings (SSSR count). The molecule has 0 saturated heterocycles. The van der Waals surface area contributed by atoms with Crippen LogP contribution in [0.25, 0.3) is 0 Å².